The van der Waals surface area contributed by atoms with Crippen LogP contribution in [0, 0.1) is 5.92 Å². The quantitative estimate of drug-likeness (QED) is 0.655. The van der Waals surface area contributed by atoms with Crippen LogP contribution >= 0.6 is 0 Å². The fourth-order valence-corrected chi connectivity index (χ4v) is 2.92. The van der Waals surface area contributed by atoms with E-state index in [1.54, 1.807) is 0 Å². The zero-order valence-corrected chi connectivity index (χ0v) is 12.2. The summed E-state index contributed by atoms with van der Waals surface area (Å²) in [5.41, 5.74) is 0. The van der Waals surface area contributed by atoms with E-state index >= 15 is 0 Å². The molecule has 0 amide bonds. The highest BCUT2D eigenvalue weighted by atomic mass is 15.2. The Labute approximate surface area is 108 Å². The van der Waals surface area contributed by atoms with Crippen molar-refractivity contribution in [2.45, 2.75) is 65.3 Å². The van der Waals surface area contributed by atoms with Crippen LogP contribution in [0.2, 0.25) is 0 Å². The van der Waals surface area contributed by atoms with Crippen LogP contribution < -0.4 is 5.32 Å². The minimum atomic E-state index is 0.782. The van der Waals surface area contributed by atoms with Gasteiger partial charge in [0, 0.05) is 12.6 Å². The number of rotatable bonds is 8. The smallest absolute Gasteiger partial charge is 0.0220 e. The molecule has 1 rings (SSSR count). The molecular weight excluding hydrogens is 208 g/mol. The van der Waals surface area contributed by atoms with Gasteiger partial charge in [-0.15, -0.1) is 0 Å². The Morgan fingerprint density at radius 1 is 1.12 bits per heavy atom. The molecule has 0 bridgehead atoms. The van der Waals surface area contributed by atoms with Crippen LogP contribution in [0.3, 0.4) is 0 Å². The van der Waals surface area contributed by atoms with E-state index in [1.807, 2.05) is 0 Å². The van der Waals surface area contributed by atoms with Crippen molar-refractivity contribution in [2.75, 3.05) is 26.2 Å². The Morgan fingerprint density at radius 3 is 2.35 bits per heavy atom. The van der Waals surface area contributed by atoms with Gasteiger partial charge in [-0.3, -0.25) is 4.90 Å². The van der Waals surface area contributed by atoms with Crippen molar-refractivity contribution in [3.63, 3.8) is 0 Å². The molecule has 2 heteroatoms. The Bertz CT molecular complexity index is 174. The molecule has 1 unspecified atom stereocenters. The molecule has 102 valence electrons. The molecule has 1 aliphatic rings. The average molecular weight is 240 g/mol. The molecule has 0 saturated carbocycles. The predicted octanol–water partition coefficient (Wildman–Crippen LogP) is 3.28. The van der Waals surface area contributed by atoms with Gasteiger partial charge in [0.05, 0.1) is 0 Å². The molecule has 0 aromatic rings. The molecule has 1 atom stereocenters. The normalized spacial score (nSPS) is 20.6. The molecule has 0 aromatic heterocycles. The first-order valence-corrected chi connectivity index (χ1v) is 7.76. The highest BCUT2D eigenvalue weighted by Crippen LogP contribution is 2.22. The maximum absolute atomic E-state index is 3.60. The van der Waals surface area contributed by atoms with Crippen LogP contribution in [0.4, 0.5) is 0 Å². The lowest BCUT2D eigenvalue weighted by atomic mass is 9.93. The van der Waals surface area contributed by atoms with Crippen molar-refractivity contribution in [3.8, 4) is 0 Å². The Hall–Kier alpha value is -0.0800. The van der Waals surface area contributed by atoms with Crippen LogP contribution in [-0.2, 0) is 0 Å². The zero-order chi connectivity index (χ0) is 12.5. The van der Waals surface area contributed by atoms with Crippen LogP contribution in [0.1, 0.15) is 59.3 Å². The molecule has 0 aromatic carbocycles. The van der Waals surface area contributed by atoms with Gasteiger partial charge in [-0.25, -0.2) is 0 Å². The summed E-state index contributed by atoms with van der Waals surface area (Å²) in [4.78, 5) is 2.73. The van der Waals surface area contributed by atoms with Gasteiger partial charge in [-0.2, -0.15) is 0 Å². The maximum atomic E-state index is 3.60. The standard InChI is InChI=1S/C15H32N2/c1-4-7-15(13-16-10-5-2)17-11-8-14(6-3)9-12-17/h14-16H,4-13H2,1-3H3. The second-order valence-corrected chi connectivity index (χ2v) is 5.53. The minimum Gasteiger partial charge on any atom is -0.315 e. The third-order valence-electron chi connectivity index (χ3n) is 4.17. The Balaban J connectivity index is 2.31. The van der Waals surface area contributed by atoms with Gasteiger partial charge in [-0.1, -0.05) is 33.6 Å². The molecule has 1 heterocycles. The number of hydrogen-bond acceptors (Lipinski definition) is 2. The third-order valence-corrected chi connectivity index (χ3v) is 4.17. The fraction of sp³-hybridized carbons (Fsp3) is 1.00. The number of nitrogens with zero attached hydrogens (tertiary/aromatic N) is 1. The molecular formula is C15H32N2. The van der Waals surface area contributed by atoms with E-state index in [4.69, 9.17) is 0 Å². The highest BCUT2D eigenvalue weighted by molar-refractivity contribution is 4.79. The van der Waals surface area contributed by atoms with E-state index in [2.05, 4.69) is 31.0 Å². The predicted molar refractivity (Wildman–Crippen MR) is 76.4 cm³/mol. The van der Waals surface area contributed by atoms with Crippen molar-refractivity contribution < 1.29 is 0 Å². The number of likely N-dealkylation sites (tertiary alicyclic amines) is 1. The second kappa shape index (κ2) is 8.93. The van der Waals surface area contributed by atoms with Crippen molar-refractivity contribution in [1.82, 2.24) is 10.2 Å². The molecule has 1 N–H and O–H groups in total. The van der Waals surface area contributed by atoms with Crippen molar-refractivity contribution >= 4 is 0 Å². The molecule has 1 saturated heterocycles. The highest BCUT2D eigenvalue weighted by Gasteiger charge is 2.23. The van der Waals surface area contributed by atoms with Crippen molar-refractivity contribution in [2.24, 2.45) is 5.92 Å². The van der Waals surface area contributed by atoms with Crippen LogP contribution in [0.25, 0.3) is 0 Å². The molecule has 1 aliphatic heterocycles. The minimum absolute atomic E-state index is 0.782. The number of nitrogens with one attached hydrogen (secondary N) is 1. The second-order valence-electron chi connectivity index (χ2n) is 5.53. The Morgan fingerprint density at radius 2 is 1.82 bits per heavy atom. The first-order valence-electron chi connectivity index (χ1n) is 7.76. The van der Waals surface area contributed by atoms with Gasteiger partial charge >= 0.3 is 0 Å². The molecule has 1 fully saturated rings. The van der Waals surface area contributed by atoms with E-state index in [0.29, 0.717) is 0 Å². The molecule has 0 spiro atoms. The molecule has 0 aliphatic carbocycles. The summed E-state index contributed by atoms with van der Waals surface area (Å²) in [5.74, 6) is 0.997. The summed E-state index contributed by atoms with van der Waals surface area (Å²) >= 11 is 0. The average Bonchev–Trinajstić information content (AvgIpc) is 2.38. The van der Waals surface area contributed by atoms with Crippen LogP contribution in [0.15, 0.2) is 0 Å². The summed E-state index contributed by atoms with van der Waals surface area (Å²) in [7, 11) is 0. The first kappa shape index (κ1) is 15.0. The maximum Gasteiger partial charge on any atom is 0.0220 e. The lowest BCUT2D eigenvalue weighted by molar-refractivity contribution is 0.122. The molecule has 0 radical (unpaired) electrons. The van der Waals surface area contributed by atoms with Crippen LogP contribution in [0.5, 0.6) is 0 Å². The van der Waals surface area contributed by atoms with Gasteiger partial charge in [0.15, 0.2) is 0 Å². The van der Waals surface area contributed by atoms with Crippen molar-refractivity contribution in [3.05, 3.63) is 0 Å². The van der Waals surface area contributed by atoms with E-state index in [9.17, 15) is 0 Å². The van der Waals surface area contributed by atoms with E-state index < -0.39 is 0 Å². The summed E-state index contributed by atoms with van der Waals surface area (Å²) in [6.45, 7) is 11.9. The molecule has 2 nitrogen and oxygen atoms in total. The number of piperidine rings is 1. The van der Waals surface area contributed by atoms with Gasteiger partial charge in [0.25, 0.3) is 0 Å². The first-order chi connectivity index (χ1) is 8.31. The summed E-state index contributed by atoms with van der Waals surface area (Å²) in [6.07, 6.45) is 8.13. The molecule has 17 heavy (non-hydrogen) atoms. The summed E-state index contributed by atoms with van der Waals surface area (Å²) in [6, 6.07) is 0.782. The van der Waals surface area contributed by atoms with E-state index in [1.165, 1.54) is 64.7 Å². The SMILES string of the molecule is CCCNCC(CCC)N1CCC(CC)CC1. The number of hydrogen-bond donors (Lipinski definition) is 1. The van der Waals surface area contributed by atoms with E-state index in [0.717, 1.165) is 12.0 Å². The fourth-order valence-electron chi connectivity index (χ4n) is 2.92. The van der Waals surface area contributed by atoms with Crippen LogP contribution in [-0.4, -0.2) is 37.1 Å². The summed E-state index contributed by atoms with van der Waals surface area (Å²) < 4.78 is 0. The largest absolute Gasteiger partial charge is 0.315 e. The van der Waals surface area contributed by atoms with Gasteiger partial charge in [-0.05, 0) is 51.2 Å². The lowest BCUT2D eigenvalue weighted by Crippen LogP contribution is -2.46. The van der Waals surface area contributed by atoms with E-state index in [-0.39, 0.29) is 0 Å². The monoisotopic (exact) mass is 240 g/mol. The van der Waals surface area contributed by atoms with Gasteiger partial charge in [0.1, 0.15) is 0 Å². The topological polar surface area (TPSA) is 15.3 Å². The summed E-state index contributed by atoms with van der Waals surface area (Å²) in [5, 5.41) is 3.60. The van der Waals surface area contributed by atoms with Gasteiger partial charge < -0.3 is 5.32 Å². The zero-order valence-electron chi connectivity index (χ0n) is 12.2. The lowest BCUT2D eigenvalue weighted by Gasteiger charge is -2.37. The van der Waals surface area contributed by atoms with Gasteiger partial charge in [0.2, 0.25) is 0 Å². The Kier molecular flexibility index (Phi) is 7.87. The van der Waals surface area contributed by atoms with Crippen molar-refractivity contribution in [1.29, 1.82) is 0 Å². The third kappa shape index (κ3) is 5.39.